The largest absolute Gasteiger partial charge is 0.469 e. The van der Waals surface area contributed by atoms with Crippen molar-refractivity contribution < 1.29 is 9.15 Å². The number of ether oxygens (including phenoxy) is 1. The maximum absolute atomic E-state index is 5.47. The maximum atomic E-state index is 5.47. The zero-order valence-electron chi connectivity index (χ0n) is 11.4. The number of furan rings is 1. The van der Waals surface area contributed by atoms with Crippen LogP contribution in [0.15, 0.2) is 16.7 Å². The molecule has 0 atom stereocenters. The lowest BCUT2D eigenvalue weighted by Crippen LogP contribution is -2.36. The smallest absolute Gasteiger partial charge is 0.107 e. The van der Waals surface area contributed by atoms with Crippen LogP contribution in [0.2, 0.25) is 0 Å². The predicted molar refractivity (Wildman–Crippen MR) is 72.6 cm³/mol. The number of morpholine rings is 1. The van der Waals surface area contributed by atoms with Crippen LogP contribution >= 0.6 is 0 Å². The van der Waals surface area contributed by atoms with E-state index in [9.17, 15) is 0 Å². The van der Waals surface area contributed by atoms with E-state index in [4.69, 9.17) is 9.15 Å². The van der Waals surface area contributed by atoms with Crippen molar-refractivity contribution in [3.8, 4) is 0 Å². The molecule has 0 aliphatic carbocycles. The summed E-state index contributed by atoms with van der Waals surface area (Å²) in [4.78, 5) is 2.50. The minimum Gasteiger partial charge on any atom is -0.469 e. The van der Waals surface area contributed by atoms with Gasteiger partial charge in [-0.1, -0.05) is 6.92 Å². The Morgan fingerprint density at radius 3 is 2.89 bits per heavy atom. The first-order chi connectivity index (χ1) is 8.88. The van der Waals surface area contributed by atoms with Gasteiger partial charge in [0, 0.05) is 19.5 Å². The Bertz CT molecular complexity index is 329. The quantitative estimate of drug-likeness (QED) is 0.696. The van der Waals surface area contributed by atoms with Crippen molar-refractivity contribution in [3.63, 3.8) is 0 Å². The molecule has 1 saturated heterocycles. The van der Waals surface area contributed by atoms with Crippen LogP contribution in [0, 0.1) is 6.42 Å². The van der Waals surface area contributed by atoms with Gasteiger partial charge in [0.1, 0.15) is 5.76 Å². The fraction of sp³-hybridized carbons (Fsp3) is 0.667. The lowest BCUT2D eigenvalue weighted by molar-refractivity contribution is 0.0372. The second-order valence-corrected chi connectivity index (χ2v) is 4.88. The van der Waals surface area contributed by atoms with Crippen molar-refractivity contribution in [1.29, 1.82) is 0 Å². The fourth-order valence-electron chi connectivity index (χ4n) is 2.32. The van der Waals surface area contributed by atoms with Crippen LogP contribution in [-0.2, 0) is 11.2 Å². The van der Waals surface area contributed by atoms with Gasteiger partial charge in [0.25, 0.3) is 0 Å². The van der Waals surface area contributed by atoms with E-state index < -0.39 is 0 Å². The Labute approximate surface area is 110 Å². The van der Waals surface area contributed by atoms with Gasteiger partial charge in [-0.05, 0) is 43.9 Å². The molecule has 1 aromatic heterocycles. The Kier molecular flexibility index (Phi) is 5.75. The lowest BCUT2D eigenvalue weighted by atomic mass is 10.1. The first kappa shape index (κ1) is 13.6. The van der Waals surface area contributed by atoms with Gasteiger partial charge in [-0.15, -0.1) is 0 Å². The number of nitrogens with zero attached hydrogens (tertiary/aromatic N) is 1. The molecule has 0 aromatic carbocycles. The summed E-state index contributed by atoms with van der Waals surface area (Å²) in [7, 11) is 0. The molecule has 0 spiro atoms. The van der Waals surface area contributed by atoms with Crippen molar-refractivity contribution in [3.05, 3.63) is 30.1 Å². The van der Waals surface area contributed by atoms with Crippen molar-refractivity contribution in [2.45, 2.75) is 32.6 Å². The second kappa shape index (κ2) is 7.59. The van der Waals surface area contributed by atoms with Gasteiger partial charge in [0.2, 0.25) is 0 Å². The average molecular weight is 250 g/mol. The van der Waals surface area contributed by atoms with Crippen molar-refractivity contribution in [2.75, 3.05) is 32.8 Å². The molecule has 2 rings (SSSR count). The topological polar surface area (TPSA) is 25.6 Å². The van der Waals surface area contributed by atoms with Crippen LogP contribution in [0.4, 0.5) is 0 Å². The summed E-state index contributed by atoms with van der Waals surface area (Å²) in [6.07, 6.45) is 8.68. The van der Waals surface area contributed by atoms with Gasteiger partial charge < -0.3 is 9.15 Å². The van der Waals surface area contributed by atoms with Crippen LogP contribution in [0.25, 0.3) is 0 Å². The summed E-state index contributed by atoms with van der Waals surface area (Å²) in [5.74, 6) is 1.01. The molecular formula is C15H24NO2. The van der Waals surface area contributed by atoms with Gasteiger partial charge in [-0.2, -0.15) is 0 Å². The van der Waals surface area contributed by atoms with Crippen LogP contribution in [-0.4, -0.2) is 37.7 Å². The number of unbranched alkanes of at least 4 members (excludes halogenated alkanes) is 1. The third-order valence-corrected chi connectivity index (χ3v) is 3.37. The summed E-state index contributed by atoms with van der Waals surface area (Å²) in [5, 5.41) is 0. The molecule has 0 unspecified atom stereocenters. The van der Waals surface area contributed by atoms with E-state index >= 15 is 0 Å². The molecule has 101 valence electrons. The fourth-order valence-corrected chi connectivity index (χ4v) is 2.32. The summed E-state index contributed by atoms with van der Waals surface area (Å²) in [6, 6.07) is 2.16. The van der Waals surface area contributed by atoms with Crippen LogP contribution < -0.4 is 0 Å². The minimum atomic E-state index is 0.901. The molecule has 3 nitrogen and oxygen atoms in total. The van der Waals surface area contributed by atoms with E-state index in [0.29, 0.717) is 0 Å². The highest BCUT2D eigenvalue weighted by atomic mass is 16.5. The molecule has 1 fully saturated rings. The lowest BCUT2D eigenvalue weighted by Gasteiger charge is -2.26. The molecule has 1 aromatic rings. The van der Waals surface area contributed by atoms with Crippen LogP contribution in [0.3, 0.4) is 0 Å². The van der Waals surface area contributed by atoms with Crippen molar-refractivity contribution in [2.24, 2.45) is 0 Å². The van der Waals surface area contributed by atoms with E-state index in [-0.39, 0.29) is 0 Å². The van der Waals surface area contributed by atoms with E-state index in [2.05, 4.69) is 24.3 Å². The van der Waals surface area contributed by atoms with Gasteiger partial charge in [-0.25, -0.2) is 0 Å². The molecule has 1 aliphatic rings. The molecule has 0 amide bonds. The summed E-state index contributed by atoms with van der Waals surface area (Å²) < 4.78 is 10.8. The first-order valence-electron chi connectivity index (χ1n) is 7.09. The minimum absolute atomic E-state index is 0.901. The molecule has 2 heterocycles. The third kappa shape index (κ3) is 4.46. The van der Waals surface area contributed by atoms with E-state index in [1.165, 1.54) is 24.9 Å². The highest BCUT2D eigenvalue weighted by molar-refractivity contribution is 5.18. The van der Waals surface area contributed by atoms with Crippen molar-refractivity contribution >= 4 is 0 Å². The first-order valence-corrected chi connectivity index (χ1v) is 7.09. The normalized spacial score (nSPS) is 17.2. The molecule has 0 bridgehead atoms. The Morgan fingerprint density at radius 1 is 1.28 bits per heavy atom. The molecule has 0 N–H and O–H groups in total. The van der Waals surface area contributed by atoms with Crippen molar-refractivity contribution in [1.82, 2.24) is 4.90 Å². The van der Waals surface area contributed by atoms with Gasteiger partial charge in [0.05, 0.1) is 19.5 Å². The van der Waals surface area contributed by atoms with E-state index in [1.54, 1.807) is 0 Å². The maximum Gasteiger partial charge on any atom is 0.107 e. The van der Waals surface area contributed by atoms with Crippen LogP contribution in [0.5, 0.6) is 0 Å². The molecular weight excluding hydrogens is 226 g/mol. The molecule has 1 radical (unpaired) electrons. The SMILES string of the molecule is CC[CH]c1cc(CCCCN2CCOCC2)co1. The standard InChI is InChI=1S/C15H24NO2/c1-2-5-15-12-14(13-18-15)6-3-4-7-16-8-10-17-11-9-16/h5,12-13H,2-4,6-11H2,1H3. The molecule has 3 heteroatoms. The van der Waals surface area contributed by atoms with E-state index in [1.807, 2.05) is 6.26 Å². The Morgan fingerprint density at radius 2 is 2.11 bits per heavy atom. The van der Waals surface area contributed by atoms with E-state index in [0.717, 1.165) is 44.9 Å². The Hall–Kier alpha value is -0.800. The number of hydrogen-bond acceptors (Lipinski definition) is 3. The highest BCUT2D eigenvalue weighted by Crippen LogP contribution is 2.14. The number of aryl methyl sites for hydroxylation is 1. The van der Waals surface area contributed by atoms with Gasteiger partial charge >= 0.3 is 0 Å². The average Bonchev–Trinajstić information content (AvgIpc) is 2.84. The molecule has 0 saturated carbocycles. The van der Waals surface area contributed by atoms with Gasteiger partial charge in [0.15, 0.2) is 0 Å². The van der Waals surface area contributed by atoms with Crippen LogP contribution in [0.1, 0.15) is 37.5 Å². The number of rotatable bonds is 7. The summed E-state index contributed by atoms with van der Waals surface area (Å²) in [6.45, 7) is 7.33. The summed E-state index contributed by atoms with van der Waals surface area (Å²) >= 11 is 0. The zero-order valence-corrected chi connectivity index (χ0v) is 11.4. The third-order valence-electron chi connectivity index (χ3n) is 3.37. The molecule has 18 heavy (non-hydrogen) atoms. The molecule has 1 aliphatic heterocycles. The Balaban J connectivity index is 1.59. The summed E-state index contributed by atoms with van der Waals surface area (Å²) in [5.41, 5.74) is 1.33. The second-order valence-electron chi connectivity index (χ2n) is 4.88. The monoisotopic (exact) mass is 250 g/mol. The van der Waals surface area contributed by atoms with Gasteiger partial charge in [-0.3, -0.25) is 4.90 Å². The predicted octanol–water partition coefficient (Wildman–Crippen LogP) is 2.90. The zero-order chi connectivity index (χ0) is 12.6. The number of hydrogen-bond donors (Lipinski definition) is 0. The highest BCUT2D eigenvalue weighted by Gasteiger charge is 2.09.